The quantitative estimate of drug-likeness (QED) is 0.240. The number of hydrogen-bond acceptors (Lipinski definition) is 5. The van der Waals surface area contributed by atoms with Crippen LogP contribution in [0.25, 0.3) is 21.8 Å². The summed E-state index contributed by atoms with van der Waals surface area (Å²) in [6.45, 7) is -0.0739. The molecule has 148 valence electrons. The van der Waals surface area contributed by atoms with Gasteiger partial charge in [-0.15, -0.1) is 0 Å². The van der Waals surface area contributed by atoms with E-state index in [-0.39, 0.29) is 23.2 Å². The van der Waals surface area contributed by atoms with Gasteiger partial charge in [0.05, 0.1) is 27.7 Å². The van der Waals surface area contributed by atoms with Crippen molar-refractivity contribution in [2.24, 2.45) is 5.10 Å². The van der Waals surface area contributed by atoms with Crippen LogP contribution in [-0.2, 0) is 11.3 Å². The summed E-state index contributed by atoms with van der Waals surface area (Å²) in [6, 6.07) is 20.3. The van der Waals surface area contributed by atoms with Gasteiger partial charge in [0, 0.05) is 16.8 Å². The van der Waals surface area contributed by atoms with Crippen LogP contribution in [0.3, 0.4) is 0 Å². The van der Waals surface area contributed by atoms with Crippen molar-refractivity contribution in [2.45, 2.75) is 6.54 Å². The van der Waals surface area contributed by atoms with Crippen LogP contribution in [0.1, 0.15) is 5.56 Å². The van der Waals surface area contributed by atoms with Gasteiger partial charge in [0.25, 0.3) is 11.6 Å². The van der Waals surface area contributed by atoms with Crippen molar-refractivity contribution in [1.82, 2.24) is 9.99 Å². The summed E-state index contributed by atoms with van der Waals surface area (Å²) in [4.78, 5) is 35.8. The first-order valence-electron chi connectivity index (χ1n) is 9.12. The normalized spacial score (nSPS) is 11.2. The molecule has 0 radical (unpaired) electrons. The monoisotopic (exact) mass is 400 g/mol. The lowest BCUT2D eigenvalue weighted by Crippen LogP contribution is -2.25. The minimum Gasteiger partial charge on any atom is -0.331 e. The third kappa shape index (κ3) is 3.53. The number of nitrogens with zero attached hydrogens (tertiary/aromatic N) is 3. The molecule has 3 aromatic carbocycles. The largest absolute Gasteiger partial charge is 0.331 e. The van der Waals surface area contributed by atoms with Crippen LogP contribution in [0.2, 0.25) is 0 Å². The minimum absolute atomic E-state index is 0.0739. The van der Waals surface area contributed by atoms with Gasteiger partial charge < -0.3 is 4.57 Å². The number of carbonyl (C=O) groups excluding carboxylic acids is 1. The van der Waals surface area contributed by atoms with E-state index in [0.29, 0.717) is 21.8 Å². The maximum absolute atomic E-state index is 12.7. The standard InChI is InChI=1S/C22H16N4O4/c27-21(24-23-13-15-7-1-4-10-18(15)26(29)30)14-25-19-11-5-2-8-16(19)22(28)17-9-3-6-12-20(17)25/h1-13H,14H2,(H,24,27)/b23-13+. The number of nitro benzene ring substituents is 1. The summed E-state index contributed by atoms with van der Waals surface area (Å²) in [7, 11) is 0. The molecule has 4 rings (SSSR count). The van der Waals surface area contributed by atoms with Crippen LogP contribution >= 0.6 is 0 Å². The van der Waals surface area contributed by atoms with Crippen molar-refractivity contribution in [1.29, 1.82) is 0 Å². The summed E-state index contributed by atoms with van der Waals surface area (Å²) in [5, 5.41) is 16.0. The Labute approximate surface area is 170 Å². The number of pyridine rings is 1. The Hall–Kier alpha value is -4.33. The van der Waals surface area contributed by atoms with E-state index < -0.39 is 10.8 Å². The van der Waals surface area contributed by atoms with Gasteiger partial charge in [-0.2, -0.15) is 5.10 Å². The molecule has 0 atom stereocenters. The lowest BCUT2D eigenvalue weighted by molar-refractivity contribution is -0.385. The lowest BCUT2D eigenvalue weighted by Gasteiger charge is -2.14. The Balaban J connectivity index is 1.65. The molecular formula is C22H16N4O4. The highest BCUT2D eigenvalue weighted by Gasteiger charge is 2.13. The van der Waals surface area contributed by atoms with E-state index in [1.54, 1.807) is 65.2 Å². The van der Waals surface area contributed by atoms with Gasteiger partial charge in [-0.25, -0.2) is 5.43 Å². The number of hydrogen-bond donors (Lipinski definition) is 1. The summed E-state index contributed by atoms with van der Waals surface area (Å²) in [5.41, 5.74) is 3.76. The molecule has 0 saturated carbocycles. The second kappa shape index (κ2) is 7.96. The zero-order valence-corrected chi connectivity index (χ0v) is 15.7. The van der Waals surface area contributed by atoms with Crippen LogP contribution in [0.5, 0.6) is 0 Å². The van der Waals surface area contributed by atoms with Gasteiger partial charge in [-0.1, -0.05) is 36.4 Å². The fourth-order valence-electron chi connectivity index (χ4n) is 3.36. The molecule has 1 N–H and O–H groups in total. The van der Waals surface area contributed by atoms with E-state index in [1.165, 1.54) is 18.3 Å². The fraction of sp³-hybridized carbons (Fsp3) is 0.0455. The maximum Gasteiger partial charge on any atom is 0.278 e. The zero-order valence-electron chi connectivity index (χ0n) is 15.7. The van der Waals surface area contributed by atoms with E-state index in [0.717, 1.165) is 0 Å². The molecule has 0 aliphatic rings. The number of hydrazone groups is 1. The molecule has 0 aliphatic heterocycles. The Morgan fingerprint density at radius 3 is 2.17 bits per heavy atom. The topological polar surface area (TPSA) is 107 Å². The first-order valence-corrected chi connectivity index (χ1v) is 9.12. The summed E-state index contributed by atoms with van der Waals surface area (Å²) < 4.78 is 1.75. The van der Waals surface area contributed by atoms with Crippen LogP contribution in [0, 0.1) is 10.1 Å². The van der Waals surface area contributed by atoms with Crippen molar-refractivity contribution in [2.75, 3.05) is 0 Å². The number of para-hydroxylation sites is 3. The molecule has 1 amide bonds. The van der Waals surface area contributed by atoms with Gasteiger partial charge in [-0.3, -0.25) is 19.7 Å². The molecule has 1 aromatic heterocycles. The average Bonchev–Trinajstić information content (AvgIpc) is 2.77. The number of nitrogens with one attached hydrogen (secondary N) is 1. The highest BCUT2D eigenvalue weighted by atomic mass is 16.6. The van der Waals surface area contributed by atoms with E-state index in [4.69, 9.17) is 0 Å². The molecule has 0 saturated heterocycles. The lowest BCUT2D eigenvalue weighted by atomic mass is 10.1. The Bertz CT molecular complexity index is 1310. The molecule has 30 heavy (non-hydrogen) atoms. The Morgan fingerprint density at radius 2 is 1.53 bits per heavy atom. The van der Waals surface area contributed by atoms with E-state index in [9.17, 15) is 19.7 Å². The van der Waals surface area contributed by atoms with Gasteiger partial charge in [0.1, 0.15) is 6.54 Å². The highest BCUT2D eigenvalue weighted by Crippen LogP contribution is 2.19. The molecule has 0 unspecified atom stereocenters. The molecule has 8 nitrogen and oxygen atoms in total. The smallest absolute Gasteiger partial charge is 0.278 e. The fourth-order valence-corrected chi connectivity index (χ4v) is 3.36. The highest BCUT2D eigenvalue weighted by molar-refractivity contribution is 5.95. The number of fused-ring (bicyclic) bond motifs is 2. The predicted molar refractivity (Wildman–Crippen MR) is 115 cm³/mol. The van der Waals surface area contributed by atoms with Crippen LogP contribution < -0.4 is 10.9 Å². The van der Waals surface area contributed by atoms with E-state index in [1.807, 2.05) is 0 Å². The number of amides is 1. The Morgan fingerprint density at radius 1 is 0.967 bits per heavy atom. The van der Waals surface area contributed by atoms with Gasteiger partial charge in [0.15, 0.2) is 5.43 Å². The van der Waals surface area contributed by atoms with Gasteiger partial charge >= 0.3 is 0 Å². The number of benzene rings is 3. The SMILES string of the molecule is O=C(Cn1c2ccccc2c(=O)c2ccccc21)N/N=C/c1ccccc1[N+](=O)[O-]. The van der Waals surface area contributed by atoms with Crippen LogP contribution in [0.15, 0.2) is 82.7 Å². The summed E-state index contributed by atoms with van der Waals surface area (Å²) in [5.74, 6) is -0.427. The maximum atomic E-state index is 12.7. The third-order valence-electron chi connectivity index (χ3n) is 4.71. The minimum atomic E-state index is -0.512. The van der Waals surface area contributed by atoms with Gasteiger partial charge in [-0.05, 0) is 30.3 Å². The molecular weight excluding hydrogens is 384 g/mol. The number of aromatic nitrogens is 1. The molecule has 0 bridgehead atoms. The van der Waals surface area contributed by atoms with Crippen LogP contribution in [-0.4, -0.2) is 21.6 Å². The summed E-state index contributed by atoms with van der Waals surface area (Å²) >= 11 is 0. The van der Waals surface area contributed by atoms with Crippen LogP contribution in [0.4, 0.5) is 5.69 Å². The van der Waals surface area contributed by atoms with Crippen molar-refractivity contribution in [3.8, 4) is 0 Å². The number of carbonyl (C=O) groups is 1. The second-order valence-electron chi connectivity index (χ2n) is 6.56. The second-order valence-corrected chi connectivity index (χ2v) is 6.56. The van der Waals surface area contributed by atoms with Crippen molar-refractivity contribution in [3.05, 3.63) is 98.7 Å². The zero-order chi connectivity index (χ0) is 21.1. The first kappa shape index (κ1) is 19.0. The van der Waals surface area contributed by atoms with Gasteiger partial charge in [0.2, 0.25) is 0 Å². The average molecular weight is 400 g/mol. The number of nitro groups is 1. The van der Waals surface area contributed by atoms with E-state index in [2.05, 4.69) is 10.5 Å². The molecule has 1 heterocycles. The molecule has 0 aliphatic carbocycles. The first-order chi connectivity index (χ1) is 14.6. The molecule has 0 spiro atoms. The third-order valence-corrected chi connectivity index (χ3v) is 4.71. The van der Waals surface area contributed by atoms with Crippen molar-refractivity contribution >= 4 is 39.6 Å². The Kier molecular flexibility index (Phi) is 5.04. The molecule has 0 fully saturated rings. The summed E-state index contributed by atoms with van der Waals surface area (Å²) in [6.07, 6.45) is 1.23. The van der Waals surface area contributed by atoms with E-state index >= 15 is 0 Å². The number of rotatable bonds is 5. The molecule has 8 heteroatoms. The predicted octanol–water partition coefficient (Wildman–Crippen LogP) is 3.21. The van der Waals surface area contributed by atoms with Crippen molar-refractivity contribution < 1.29 is 9.72 Å². The van der Waals surface area contributed by atoms with Crippen molar-refractivity contribution in [3.63, 3.8) is 0 Å². The molecule has 4 aromatic rings.